The lowest BCUT2D eigenvalue weighted by molar-refractivity contribution is 0.0333. The van der Waals surface area contributed by atoms with Gasteiger partial charge in [-0.15, -0.1) is 0 Å². The molecule has 0 atom stereocenters. The van der Waals surface area contributed by atoms with Crippen molar-refractivity contribution in [2.45, 2.75) is 36.2 Å². The first kappa shape index (κ1) is 14.9. The molecule has 1 aliphatic carbocycles. The summed E-state index contributed by atoms with van der Waals surface area (Å²) in [6.45, 7) is -0.0755. The Morgan fingerprint density at radius 1 is 1.35 bits per heavy atom. The molecule has 1 aromatic heterocycles. The van der Waals surface area contributed by atoms with Gasteiger partial charge in [-0.25, -0.2) is 13.2 Å². The first-order valence-corrected chi connectivity index (χ1v) is 7.69. The van der Waals surface area contributed by atoms with Crippen LogP contribution < -0.4 is 11.2 Å². The SMILES string of the molecule is CN(CC1(O)CCCC1)S(=O)(=O)c1c[nH]c(=O)[nH]c1=O. The first-order chi connectivity index (χ1) is 9.24. The number of nitrogens with zero attached hydrogens (tertiary/aromatic N) is 1. The zero-order valence-corrected chi connectivity index (χ0v) is 11.9. The molecule has 0 unspecified atom stereocenters. The average molecular weight is 303 g/mol. The van der Waals surface area contributed by atoms with Gasteiger partial charge in [-0.3, -0.25) is 9.78 Å². The van der Waals surface area contributed by atoms with Crippen LogP contribution in [0.2, 0.25) is 0 Å². The van der Waals surface area contributed by atoms with E-state index in [1.54, 1.807) is 0 Å². The summed E-state index contributed by atoms with van der Waals surface area (Å²) in [7, 11) is -2.75. The molecule has 1 heterocycles. The molecule has 1 aliphatic rings. The predicted octanol–water partition coefficient (Wildman–Crippen LogP) is -1.01. The summed E-state index contributed by atoms with van der Waals surface area (Å²) in [6, 6.07) is 0. The molecule has 8 nitrogen and oxygen atoms in total. The van der Waals surface area contributed by atoms with Gasteiger partial charge in [0.15, 0.2) is 4.90 Å². The Morgan fingerprint density at radius 3 is 2.50 bits per heavy atom. The molecule has 0 spiro atoms. The van der Waals surface area contributed by atoms with Crippen molar-refractivity contribution >= 4 is 10.0 Å². The quantitative estimate of drug-likeness (QED) is 0.657. The molecule has 0 bridgehead atoms. The number of sulfonamides is 1. The van der Waals surface area contributed by atoms with E-state index < -0.39 is 31.8 Å². The highest BCUT2D eigenvalue weighted by Gasteiger charge is 2.36. The van der Waals surface area contributed by atoms with Crippen molar-refractivity contribution in [1.82, 2.24) is 14.3 Å². The van der Waals surface area contributed by atoms with Crippen LogP contribution in [0.25, 0.3) is 0 Å². The van der Waals surface area contributed by atoms with Gasteiger partial charge in [-0.05, 0) is 12.8 Å². The Bertz CT molecular complexity index is 699. The van der Waals surface area contributed by atoms with Crippen molar-refractivity contribution in [2.75, 3.05) is 13.6 Å². The van der Waals surface area contributed by atoms with Gasteiger partial charge in [0.1, 0.15) is 0 Å². The lowest BCUT2D eigenvalue weighted by atomic mass is 10.0. The normalized spacial score (nSPS) is 18.6. The number of likely N-dealkylation sites (N-methyl/N-ethyl adjacent to an activating group) is 1. The minimum Gasteiger partial charge on any atom is -0.389 e. The van der Waals surface area contributed by atoms with Crippen LogP contribution in [0, 0.1) is 0 Å². The van der Waals surface area contributed by atoms with Gasteiger partial charge in [0.05, 0.1) is 5.60 Å². The van der Waals surface area contributed by atoms with Crippen LogP contribution in [0.1, 0.15) is 25.7 Å². The van der Waals surface area contributed by atoms with Gasteiger partial charge < -0.3 is 10.1 Å². The minimum absolute atomic E-state index is 0.0755. The molecular formula is C11H17N3O5S. The highest BCUT2D eigenvalue weighted by atomic mass is 32.2. The molecule has 112 valence electrons. The van der Waals surface area contributed by atoms with Crippen LogP contribution in [0.15, 0.2) is 20.7 Å². The number of H-pyrrole nitrogens is 2. The summed E-state index contributed by atoms with van der Waals surface area (Å²) in [5, 5.41) is 10.2. The van der Waals surface area contributed by atoms with E-state index in [0.29, 0.717) is 12.8 Å². The van der Waals surface area contributed by atoms with E-state index in [-0.39, 0.29) is 6.54 Å². The second-order valence-electron chi connectivity index (χ2n) is 5.13. The molecule has 3 N–H and O–H groups in total. The topological polar surface area (TPSA) is 123 Å². The molecule has 0 aliphatic heterocycles. The molecule has 1 saturated carbocycles. The van der Waals surface area contributed by atoms with Gasteiger partial charge in [0.25, 0.3) is 5.56 Å². The van der Waals surface area contributed by atoms with Crippen LogP contribution in [0.5, 0.6) is 0 Å². The molecule has 20 heavy (non-hydrogen) atoms. The van der Waals surface area contributed by atoms with Gasteiger partial charge in [0, 0.05) is 19.8 Å². The lowest BCUT2D eigenvalue weighted by Gasteiger charge is -2.27. The molecule has 0 saturated heterocycles. The maximum Gasteiger partial charge on any atom is 0.325 e. The van der Waals surface area contributed by atoms with Crippen LogP contribution in [0.4, 0.5) is 0 Å². The van der Waals surface area contributed by atoms with Gasteiger partial charge in [-0.2, -0.15) is 4.31 Å². The molecule has 0 aromatic carbocycles. The molecule has 1 aromatic rings. The molecule has 0 radical (unpaired) electrons. The Kier molecular flexibility index (Phi) is 3.85. The third kappa shape index (κ3) is 2.84. The largest absolute Gasteiger partial charge is 0.389 e. The second kappa shape index (κ2) is 5.15. The summed E-state index contributed by atoms with van der Waals surface area (Å²) < 4.78 is 25.5. The summed E-state index contributed by atoms with van der Waals surface area (Å²) in [5.74, 6) is 0. The summed E-state index contributed by atoms with van der Waals surface area (Å²) in [4.78, 5) is 25.9. The Balaban J connectivity index is 2.30. The van der Waals surface area contributed by atoms with Crippen molar-refractivity contribution in [3.63, 3.8) is 0 Å². The zero-order chi connectivity index (χ0) is 15.0. The maximum absolute atomic E-state index is 12.3. The maximum atomic E-state index is 12.3. The second-order valence-corrected chi connectivity index (χ2v) is 7.14. The third-order valence-electron chi connectivity index (χ3n) is 3.52. The number of aromatic amines is 2. The van der Waals surface area contributed by atoms with Crippen molar-refractivity contribution in [2.24, 2.45) is 0 Å². The molecular weight excluding hydrogens is 286 g/mol. The van der Waals surface area contributed by atoms with E-state index in [0.717, 1.165) is 23.3 Å². The van der Waals surface area contributed by atoms with E-state index in [1.807, 2.05) is 4.98 Å². The van der Waals surface area contributed by atoms with Crippen molar-refractivity contribution in [3.05, 3.63) is 27.0 Å². The smallest absolute Gasteiger partial charge is 0.325 e. The Morgan fingerprint density at radius 2 is 1.95 bits per heavy atom. The number of rotatable bonds is 4. The van der Waals surface area contributed by atoms with Gasteiger partial charge >= 0.3 is 5.69 Å². The molecule has 2 rings (SSSR count). The molecule has 9 heteroatoms. The summed E-state index contributed by atoms with van der Waals surface area (Å²) >= 11 is 0. The lowest BCUT2D eigenvalue weighted by Crippen LogP contribution is -2.43. The van der Waals surface area contributed by atoms with Crippen LogP contribution in [-0.4, -0.2) is 47.0 Å². The average Bonchev–Trinajstić information content (AvgIpc) is 2.75. The first-order valence-electron chi connectivity index (χ1n) is 6.25. The van der Waals surface area contributed by atoms with Gasteiger partial charge in [0.2, 0.25) is 10.0 Å². The Labute approximate surface area is 115 Å². The van der Waals surface area contributed by atoms with Crippen molar-refractivity contribution in [3.8, 4) is 0 Å². The highest BCUT2D eigenvalue weighted by Crippen LogP contribution is 2.30. The molecule has 1 fully saturated rings. The number of hydrogen-bond donors (Lipinski definition) is 3. The van der Waals surface area contributed by atoms with Crippen LogP contribution >= 0.6 is 0 Å². The summed E-state index contributed by atoms with van der Waals surface area (Å²) in [6.07, 6.45) is 3.64. The summed E-state index contributed by atoms with van der Waals surface area (Å²) in [5.41, 5.74) is -2.79. The van der Waals surface area contributed by atoms with E-state index in [9.17, 15) is 23.1 Å². The van der Waals surface area contributed by atoms with E-state index in [4.69, 9.17) is 0 Å². The standard InChI is InChI=1S/C11H17N3O5S/c1-14(7-11(17)4-2-3-5-11)20(18,19)8-6-12-10(16)13-9(8)15/h6,17H,2-5,7H2,1H3,(H2,12,13,15,16). The van der Waals surface area contributed by atoms with Gasteiger partial charge in [-0.1, -0.05) is 12.8 Å². The fourth-order valence-corrected chi connectivity index (χ4v) is 3.69. The predicted molar refractivity (Wildman–Crippen MR) is 70.9 cm³/mol. The van der Waals surface area contributed by atoms with Crippen molar-refractivity contribution in [1.29, 1.82) is 0 Å². The highest BCUT2D eigenvalue weighted by molar-refractivity contribution is 7.89. The molecule has 0 amide bonds. The van der Waals surface area contributed by atoms with Crippen LogP contribution in [0.3, 0.4) is 0 Å². The minimum atomic E-state index is -4.05. The van der Waals surface area contributed by atoms with E-state index >= 15 is 0 Å². The third-order valence-corrected chi connectivity index (χ3v) is 5.33. The number of aliphatic hydroxyl groups is 1. The number of aromatic nitrogens is 2. The Hall–Kier alpha value is -1.45. The monoisotopic (exact) mass is 303 g/mol. The van der Waals surface area contributed by atoms with E-state index in [1.165, 1.54) is 7.05 Å². The van der Waals surface area contributed by atoms with Crippen LogP contribution in [-0.2, 0) is 10.0 Å². The fraction of sp³-hybridized carbons (Fsp3) is 0.636. The van der Waals surface area contributed by atoms with E-state index in [2.05, 4.69) is 4.98 Å². The zero-order valence-electron chi connectivity index (χ0n) is 11.0. The fourth-order valence-electron chi connectivity index (χ4n) is 2.45. The number of nitrogens with one attached hydrogen (secondary N) is 2. The number of hydrogen-bond acceptors (Lipinski definition) is 5. The van der Waals surface area contributed by atoms with Crippen molar-refractivity contribution < 1.29 is 13.5 Å².